The fraction of sp³-hybridized carbons (Fsp3) is 0.429. The molecule has 0 aliphatic carbocycles. The topological polar surface area (TPSA) is 12.0 Å². The molecule has 1 rings (SSSR count). The van der Waals surface area contributed by atoms with Crippen LogP contribution in [0.15, 0.2) is 16.8 Å². The highest BCUT2D eigenvalue weighted by Crippen LogP contribution is 2.32. The average molecular weight is 195 g/mol. The number of halogens is 3. The first-order chi connectivity index (χ1) is 5.55. The zero-order valence-corrected chi connectivity index (χ0v) is 7.17. The number of hydrogen-bond acceptors (Lipinski definition) is 2. The molecule has 1 N–H and O–H groups in total. The lowest BCUT2D eigenvalue weighted by Gasteiger charge is -2.18. The molecule has 1 heterocycles. The predicted octanol–water partition coefficient (Wildman–Crippen LogP) is 2.57. The second-order valence-electron chi connectivity index (χ2n) is 2.32. The Morgan fingerprint density at radius 1 is 1.50 bits per heavy atom. The van der Waals surface area contributed by atoms with Crippen molar-refractivity contribution < 1.29 is 13.2 Å². The Balaban J connectivity index is 2.84. The Bertz CT molecular complexity index is 229. The molecule has 1 aromatic heterocycles. The molecule has 0 fully saturated rings. The summed E-state index contributed by atoms with van der Waals surface area (Å²) in [5, 5.41) is 5.35. The molecule has 1 atom stereocenters. The summed E-state index contributed by atoms with van der Waals surface area (Å²) in [6.07, 6.45) is -4.21. The van der Waals surface area contributed by atoms with Crippen LogP contribution in [0.2, 0.25) is 0 Å². The van der Waals surface area contributed by atoms with E-state index >= 15 is 0 Å². The van der Waals surface area contributed by atoms with E-state index < -0.39 is 12.2 Å². The summed E-state index contributed by atoms with van der Waals surface area (Å²) in [5.74, 6) is 0. The molecule has 0 saturated heterocycles. The van der Waals surface area contributed by atoms with Crippen molar-refractivity contribution in [2.75, 3.05) is 7.05 Å². The zero-order valence-electron chi connectivity index (χ0n) is 6.35. The summed E-state index contributed by atoms with van der Waals surface area (Å²) < 4.78 is 36.7. The van der Waals surface area contributed by atoms with E-state index in [4.69, 9.17) is 0 Å². The minimum absolute atomic E-state index is 0.273. The van der Waals surface area contributed by atoms with Gasteiger partial charge >= 0.3 is 6.18 Å². The maximum Gasteiger partial charge on any atom is 0.407 e. The quantitative estimate of drug-likeness (QED) is 0.764. The summed E-state index contributed by atoms with van der Waals surface area (Å²) in [6, 6.07) is -0.0666. The number of rotatable bonds is 2. The van der Waals surface area contributed by atoms with Crippen LogP contribution < -0.4 is 5.32 Å². The lowest BCUT2D eigenvalue weighted by Crippen LogP contribution is -2.31. The van der Waals surface area contributed by atoms with Gasteiger partial charge in [-0.15, -0.1) is 0 Å². The maximum absolute atomic E-state index is 12.2. The lowest BCUT2D eigenvalue weighted by atomic mass is 10.1. The Morgan fingerprint density at radius 3 is 2.50 bits per heavy atom. The highest BCUT2D eigenvalue weighted by Gasteiger charge is 2.39. The van der Waals surface area contributed by atoms with Gasteiger partial charge in [-0.25, -0.2) is 0 Å². The van der Waals surface area contributed by atoms with E-state index in [1.807, 2.05) is 0 Å². The normalized spacial score (nSPS) is 14.7. The van der Waals surface area contributed by atoms with Gasteiger partial charge in [-0.2, -0.15) is 24.5 Å². The van der Waals surface area contributed by atoms with Crippen molar-refractivity contribution in [1.29, 1.82) is 0 Å². The van der Waals surface area contributed by atoms with Gasteiger partial charge in [0, 0.05) is 0 Å². The molecule has 5 heteroatoms. The third kappa shape index (κ3) is 1.98. The van der Waals surface area contributed by atoms with Gasteiger partial charge in [-0.1, -0.05) is 0 Å². The number of thiophene rings is 1. The molecule has 68 valence electrons. The zero-order chi connectivity index (χ0) is 9.19. The maximum atomic E-state index is 12.2. The van der Waals surface area contributed by atoms with Gasteiger partial charge in [0.2, 0.25) is 0 Å². The Hall–Kier alpha value is -0.550. The van der Waals surface area contributed by atoms with Gasteiger partial charge in [-0.3, -0.25) is 0 Å². The van der Waals surface area contributed by atoms with E-state index in [0.29, 0.717) is 0 Å². The van der Waals surface area contributed by atoms with E-state index in [2.05, 4.69) is 5.32 Å². The van der Waals surface area contributed by atoms with Gasteiger partial charge in [-0.05, 0) is 29.4 Å². The largest absolute Gasteiger partial charge is 0.407 e. The van der Waals surface area contributed by atoms with Crippen molar-refractivity contribution in [2.45, 2.75) is 12.2 Å². The molecular weight excluding hydrogens is 187 g/mol. The molecule has 0 spiro atoms. The van der Waals surface area contributed by atoms with Crippen LogP contribution in [0.4, 0.5) is 13.2 Å². The molecule has 0 aromatic carbocycles. The van der Waals surface area contributed by atoms with E-state index in [1.165, 1.54) is 29.8 Å². The fourth-order valence-corrected chi connectivity index (χ4v) is 1.64. The molecule has 1 nitrogen and oxygen atoms in total. The first-order valence-electron chi connectivity index (χ1n) is 3.32. The summed E-state index contributed by atoms with van der Waals surface area (Å²) in [5.41, 5.74) is 0.273. The molecule has 0 aliphatic heterocycles. The molecule has 0 aliphatic rings. The fourth-order valence-electron chi connectivity index (χ4n) is 0.959. The molecule has 1 aromatic rings. The predicted molar refractivity (Wildman–Crippen MR) is 42.2 cm³/mol. The van der Waals surface area contributed by atoms with Crippen LogP contribution in [-0.4, -0.2) is 13.2 Å². The molecule has 0 saturated carbocycles. The molecular formula is C7H8F3NS. The number of nitrogens with one attached hydrogen (secondary N) is 1. The Kier molecular flexibility index (Phi) is 2.74. The van der Waals surface area contributed by atoms with Gasteiger partial charge in [0.1, 0.15) is 6.04 Å². The van der Waals surface area contributed by atoms with Gasteiger partial charge < -0.3 is 5.32 Å². The first kappa shape index (κ1) is 9.54. The van der Waals surface area contributed by atoms with Crippen LogP contribution in [0.25, 0.3) is 0 Å². The molecule has 1 unspecified atom stereocenters. The van der Waals surface area contributed by atoms with Crippen molar-refractivity contribution in [3.8, 4) is 0 Å². The third-order valence-corrected chi connectivity index (χ3v) is 2.19. The molecule has 12 heavy (non-hydrogen) atoms. The van der Waals surface area contributed by atoms with Crippen LogP contribution in [-0.2, 0) is 0 Å². The summed E-state index contributed by atoms with van der Waals surface area (Å²) in [7, 11) is 1.30. The van der Waals surface area contributed by atoms with E-state index in [1.54, 1.807) is 5.38 Å². The Morgan fingerprint density at radius 2 is 2.17 bits per heavy atom. The molecule has 0 bridgehead atoms. The standard InChI is InChI=1S/C7H8F3NS/c1-11-6(7(8,9)10)5-2-3-12-4-5/h2-4,6,11H,1H3. The van der Waals surface area contributed by atoms with Crippen molar-refractivity contribution in [3.63, 3.8) is 0 Å². The highest BCUT2D eigenvalue weighted by atomic mass is 32.1. The van der Waals surface area contributed by atoms with Gasteiger partial charge in [0.05, 0.1) is 0 Å². The SMILES string of the molecule is CNC(c1ccsc1)C(F)(F)F. The first-order valence-corrected chi connectivity index (χ1v) is 4.26. The van der Waals surface area contributed by atoms with Crippen molar-refractivity contribution in [1.82, 2.24) is 5.32 Å². The Labute approximate surface area is 72.2 Å². The summed E-state index contributed by atoms with van der Waals surface area (Å²) in [6.45, 7) is 0. The van der Waals surface area contributed by atoms with E-state index in [-0.39, 0.29) is 5.56 Å². The van der Waals surface area contributed by atoms with Crippen molar-refractivity contribution in [2.24, 2.45) is 0 Å². The van der Waals surface area contributed by atoms with Crippen LogP contribution in [0, 0.1) is 0 Å². The number of hydrogen-bond donors (Lipinski definition) is 1. The molecule has 0 amide bonds. The van der Waals surface area contributed by atoms with Crippen LogP contribution >= 0.6 is 11.3 Å². The van der Waals surface area contributed by atoms with Crippen LogP contribution in [0.1, 0.15) is 11.6 Å². The van der Waals surface area contributed by atoms with E-state index in [0.717, 1.165) is 0 Å². The van der Waals surface area contributed by atoms with Gasteiger partial charge in [0.25, 0.3) is 0 Å². The molecule has 0 radical (unpaired) electrons. The van der Waals surface area contributed by atoms with Crippen LogP contribution in [0.5, 0.6) is 0 Å². The van der Waals surface area contributed by atoms with Gasteiger partial charge in [0.15, 0.2) is 0 Å². The summed E-state index contributed by atoms with van der Waals surface area (Å²) in [4.78, 5) is 0. The minimum Gasteiger partial charge on any atom is -0.306 e. The summed E-state index contributed by atoms with van der Waals surface area (Å²) >= 11 is 1.26. The highest BCUT2D eigenvalue weighted by molar-refractivity contribution is 7.07. The lowest BCUT2D eigenvalue weighted by molar-refractivity contribution is -0.156. The second kappa shape index (κ2) is 3.45. The average Bonchev–Trinajstić information content (AvgIpc) is 2.38. The van der Waals surface area contributed by atoms with Crippen molar-refractivity contribution >= 4 is 11.3 Å². The smallest absolute Gasteiger partial charge is 0.306 e. The monoisotopic (exact) mass is 195 g/mol. The number of alkyl halides is 3. The van der Waals surface area contributed by atoms with Crippen molar-refractivity contribution in [3.05, 3.63) is 22.4 Å². The van der Waals surface area contributed by atoms with E-state index in [9.17, 15) is 13.2 Å². The second-order valence-corrected chi connectivity index (χ2v) is 3.10. The van der Waals surface area contributed by atoms with Crippen LogP contribution in [0.3, 0.4) is 0 Å². The third-order valence-electron chi connectivity index (χ3n) is 1.49. The minimum atomic E-state index is -4.21.